The van der Waals surface area contributed by atoms with Crippen LogP contribution in [0.3, 0.4) is 0 Å². The molecule has 2 heterocycles. The van der Waals surface area contributed by atoms with Crippen LogP contribution in [0.15, 0.2) is 16.3 Å². The fraction of sp³-hybridized carbons (Fsp3) is 0.667. The molecule has 19 heavy (non-hydrogen) atoms. The van der Waals surface area contributed by atoms with Crippen molar-refractivity contribution in [2.24, 2.45) is 0 Å². The molecule has 108 valence electrons. The second kappa shape index (κ2) is 6.10. The lowest BCUT2D eigenvalue weighted by molar-refractivity contribution is 0.291. The monoisotopic (exact) mass is 322 g/mol. The first-order valence-corrected chi connectivity index (χ1v) is 9.10. The SMILES string of the molecule is CN(C)CC1CCCN1S(=O)(=O)c1csc(CCl)c1. The van der Waals surface area contributed by atoms with E-state index in [9.17, 15) is 8.42 Å². The highest BCUT2D eigenvalue weighted by Gasteiger charge is 2.35. The van der Waals surface area contributed by atoms with Crippen molar-refractivity contribution in [1.29, 1.82) is 0 Å². The molecule has 1 aromatic rings. The number of halogens is 1. The maximum absolute atomic E-state index is 12.6. The van der Waals surface area contributed by atoms with Gasteiger partial charge in [-0.15, -0.1) is 22.9 Å². The minimum Gasteiger partial charge on any atom is -0.308 e. The molecule has 0 bridgehead atoms. The summed E-state index contributed by atoms with van der Waals surface area (Å²) in [7, 11) is 0.579. The summed E-state index contributed by atoms with van der Waals surface area (Å²) < 4.78 is 26.9. The van der Waals surface area contributed by atoms with Gasteiger partial charge in [-0.25, -0.2) is 8.42 Å². The molecular formula is C12H19ClN2O2S2. The van der Waals surface area contributed by atoms with Crippen LogP contribution in [-0.2, 0) is 15.9 Å². The van der Waals surface area contributed by atoms with Crippen molar-refractivity contribution >= 4 is 33.0 Å². The third-order valence-corrected chi connectivity index (χ3v) is 6.73. The summed E-state index contributed by atoms with van der Waals surface area (Å²) in [5, 5.41) is 1.69. The number of hydrogen-bond donors (Lipinski definition) is 0. The lowest BCUT2D eigenvalue weighted by atomic mass is 10.2. The summed E-state index contributed by atoms with van der Waals surface area (Å²) in [4.78, 5) is 3.32. The van der Waals surface area contributed by atoms with E-state index in [1.54, 1.807) is 15.8 Å². The van der Waals surface area contributed by atoms with Crippen LogP contribution in [0.5, 0.6) is 0 Å². The fourth-order valence-corrected chi connectivity index (χ4v) is 5.49. The number of likely N-dealkylation sites (N-methyl/N-ethyl adjacent to an activating group) is 1. The smallest absolute Gasteiger partial charge is 0.244 e. The van der Waals surface area contributed by atoms with Crippen molar-refractivity contribution in [3.8, 4) is 0 Å². The number of hydrogen-bond acceptors (Lipinski definition) is 4. The fourth-order valence-electron chi connectivity index (χ4n) is 2.43. The Hall–Kier alpha value is -0.140. The normalized spacial score (nSPS) is 21.4. The third-order valence-electron chi connectivity index (χ3n) is 3.27. The molecule has 2 rings (SSSR count). The Morgan fingerprint density at radius 1 is 1.53 bits per heavy atom. The van der Waals surface area contributed by atoms with Crippen molar-refractivity contribution in [2.45, 2.75) is 29.7 Å². The Morgan fingerprint density at radius 2 is 2.26 bits per heavy atom. The summed E-state index contributed by atoms with van der Waals surface area (Å²) in [5.74, 6) is 0.362. The van der Waals surface area contributed by atoms with Gasteiger partial charge in [-0.1, -0.05) is 0 Å². The minimum atomic E-state index is -3.36. The maximum atomic E-state index is 12.6. The van der Waals surface area contributed by atoms with Crippen molar-refractivity contribution < 1.29 is 8.42 Å². The van der Waals surface area contributed by atoms with Crippen molar-refractivity contribution in [1.82, 2.24) is 9.21 Å². The van der Waals surface area contributed by atoms with Crippen LogP contribution in [0, 0.1) is 0 Å². The Bertz CT molecular complexity index is 528. The summed E-state index contributed by atoms with van der Waals surface area (Å²) >= 11 is 7.14. The zero-order valence-electron chi connectivity index (χ0n) is 11.2. The molecule has 0 amide bonds. The number of rotatable bonds is 5. The molecule has 1 aromatic heterocycles. The Balaban J connectivity index is 2.23. The van der Waals surface area contributed by atoms with E-state index in [-0.39, 0.29) is 6.04 Å². The van der Waals surface area contributed by atoms with Gasteiger partial charge in [-0.05, 0) is 33.0 Å². The van der Waals surface area contributed by atoms with Gasteiger partial charge in [-0.2, -0.15) is 4.31 Å². The lowest BCUT2D eigenvalue weighted by Crippen LogP contribution is -2.41. The standard InChI is InChI=1S/C12H19ClN2O2S2/c1-14(2)8-10-4-3-5-15(10)19(16,17)12-6-11(7-13)18-9-12/h6,9-10H,3-5,7-8H2,1-2H3. The van der Waals surface area contributed by atoms with Gasteiger partial charge >= 0.3 is 0 Å². The number of alkyl halides is 1. The maximum Gasteiger partial charge on any atom is 0.244 e. The first kappa shape index (κ1) is 15.3. The van der Waals surface area contributed by atoms with Crippen LogP contribution in [0.25, 0.3) is 0 Å². The van der Waals surface area contributed by atoms with Crippen LogP contribution in [0.1, 0.15) is 17.7 Å². The van der Waals surface area contributed by atoms with Crippen LogP contribution >= 0.6 is 22.9 Å². The molecule has 1 unspecified atom stereocenters. The van der Waals surface area contributed by atoms with Gasteiger partial charge in [0.1, 0.15) is 0 Å². The van der Waals surface area contributed by atoms with Crippen LogP contribution in [0.4, 0.5) is 0 Å². The van der Waals surface area contributed by atoms with E-state index >= 15 is 0 Å². The molecule has 1 fully saturated rings. The Morgan fingerprint density at radius 3 is 2.84 bits per heavy atom. The first-order valence-electron chi connectivity index (χ1n) is 6.25. The molecule has 1 aliphatic rings. The molecule has 0 aliphatic carbocycles. The van der Waals surface area contributed by atoms with Gasteiger partial charge in [0.15, 0.2) is 0 Å². The summed E-state index contributed by atoms with van der Waals surface area (Å²) in [6.45, 7) is 1.39. The van der Waals surface area contributed by atoms with E-state index in [1.807, 2.05) is 19.0 Å². The van der Waals surface area contributed by atoms with Gasteiger partial charge in [-0.3, -0.25) is 0 Å². The first-order chi connectivity index (χ1) is 8.95. The zero-order chi connectivity index (χ0) is 14.0. The van der Waals surface area contributed by atoms with Gasteiger partial charge in [0, 0.05) is 29.4 Å². The van der Waals surface area contributed by atoms with Crippen molar-refractivity contribution in [3.63, 3.8) is 0 Å². The predicted molar refractivity (Wildman–Crippen MR) is 79.3 cm³/mol. The third kappa shape index (κ3) is 3.31. The molecule has 1 atom stereocenters. The number of nitrogens with zero attached hydrogens (tertiary/aromatic N) is 2. The molecule has 1 saturated heterocycles. The molecule has 0 saturated carbocycles. The minimum absolute atomic E-state index is 0.0827. The molecule has 1 aliphatic heterocycles. The summed E-state index contributed by atoms with van der Waals surface area (Å²) in [5.41, 5.74) is 0. The average molecular weight is 323 g/mol. The summed E-state index contributed by atoms with van der Waals surface area (Å²) in [6, 6.07) is 1.78. The molecule has 0 radical (unpaired) electrons. The number of sulfonamides is 1. The predicted octanol–water partition coefficient (Wildman–Crippen LogP) is 2.20. The second-order valence-corrected chi connectivity index (χ2v) is 8.21. The highest BCUT2D eigenvalue weighted by molar-refractivity contribution is 7.89. The van der Waals surface area contributed by atoms with Crippen molar-refractivity contribution in [2.75, 3.05) is 27.2 Å². The van der Waals surface area contributed by atoms with E-state index in [0.717, 1.165) is 24.3 Å². The van der Waals surface area contributed by atoms with E-state index in [4.69, 9.17) is 11.6 Å². The van der Waals surface area contributed by atoms with E-state index in [0.29, 0.717) is 17.3 Å². The van der Waals surface area contributed by atoms with Crippen molar-refractivity contribution in [3.05, 3.63) is 16.3 Å². The van der Waals surface area contributed by atoms with Crippen LogP contribution < -0.4 is 0 Å². The topological polar surface area (TPSA) is 40.6 Å². The lowest BCUT2D eigenvalue weighted by Gasteiger charge is -2.26. The molecule has 7 heteroatoms. The molecule has 0 spiro atoms. The molecular weight excluding hydrogens is 304 g/mol. The zero-order valence-corrected chi connectivity index (χ0v) is 13.6. The number of thiophene rings is 1. The highest BCUT2D eigenvalue weighted by atomic mass is 35.5. The molecule has 0 aromatic carbocycles. The van der Waals surface area contributed by atoms with E-state index < -0.39 is 10.0 Å². The van der Waals surface area contributed by atoms with E-state index in [1.165, 1.54) is 11.3 Å². The molecule has 4 nitrogen and oxygen atoms in total. The highest BCUT2D eigenvalue weighted by Crippen LogP contribution is 2.29. The van der Waals surface area contributed by atoms with Gasteiger partial charge < -0.3 is 4.90 Å². The van der Waals surface area contributed by atoms with Gasteiger partial charge in [0.25, 0.3) is 0 Å². The average Bonchev–Trinajstić information content (AvgIpc) is 2.95. The quantitative estimate of drug-likeness (QED) is 0.780. The Kier molecular flexibility index (Phi) is 4.89. The molecule has 0 N–H and O–H groups in total. The Labute approximate surface area is 124 Å². The van der Waals surface area contributed by atoms with E-state index in [2.05, 4.69) is 0 Å². The largest absolute Gasteiger partial charge is 0.308 e. The van der Waals surface area contributed by atoms with Gasteiger partial charge in [0.2, 0.25) is 10.0 Å². The second-order valence-electron chi connectivity index (χ2n) is 5.06. The van der Waals surface area contributed by atoms with Crippen LogP contribution in [0.2, 0.25) is 0 Å². The van der Waals surface area contributed by atoms with Gasteiger partial charge in [0.05, 0.1) is 10.8 Å². The van der Waals surface area contributed by atoms with Crippen LogP contribution in [-0.4, -0.2) is 50.8 Å². The summed E-state index contributed by atoms with van der Waals surface area (Å²) in [6.07, 6.45) is 1.87.